The molecule has 1 unspecified atom stereocenters. The van der Waals surface area contributed by atoms with Crippen molar-refractivity contribution in [3.63, 3.8) is 0 Å². The lowest BCUT2D eigenvalue weighted by Crippen LogP contribution is -2.16. The van der Waals surface area contributed by atoms with E-state index in [0.29, 0.717) is 22.7 Å². The van der Waals surface area contributed by atoms with Gasteiger partial charge in [-0.2, -0.15) is 5.26 Å². The molecule has 3 N–H and O–H groups in total. The first-order valence-corrected chi connectivity index (χ1v) is 10.3. The predicted octanol–water partition coefficient (Wildman–Crippen LogP) is 4.76. The number of hydrogen-bond donors (Lipinski definition) is 2. The van der Waals surface area contributed by atoms with Crippen molar-refractivity contribution in [1.29, 1.82) is 5.26 Å². The number of nitrogens with one attached hydrogen (secondary N) is 1. The van der Waals surface area contributed by atoms with E-state index >= 15 is 4.39 Å². The maximum Gasteiger partial charge on any atom is 0.150 e. The van der Waals surface area contributed by atoms with Crippen LogP contribution in [0.3, 0.4) is 0 Å². The predicted molar refractivity (Wildman–Crippen MR) is 121 cm³/mol. The zero-order valence-electron chi connectivity index (χ0n) is 17.2. The molecule has 0 radical (unpaired) electrons. The molecule has 1 aliphatic rings. The third-order valence-corrected chi connectivity index (χ3v) is 5.60. The number of nitrogens with two attached hydrogens (primary N) is 1. The number of halogens is 1. The van der Waals surface area contributed by atoms with Crippen LogP contribution in [0.15, 0.2) is 61.4 Å². The van der Waals surface area contributed by atoms with E-state index in [2.05, 4.69) is 26.4 Å². The van der Waals surface area contributed by atoms with Crippen LogP contribution in [0, 0.1) is 17.1 Å². The molecule has 1 atom stereocenters. The van der Waals surface area contributed by atoms with E-state index in [1.165, 1.54) is 12.4 Å². The Morgan fingerprint density at radius 2 is 2.00 bits per heavy atom. The van der Waals surface area contributed by atoms with Crippen LogP contribution in [0.5, 0.6) is 0 Å². The van der Waals surface area contributed by atoms with Gasteiger partial charge in [0.15, 0.2) is 0 Å². The zero-order chi connectivity index (χ0) is 22.2. The molecule has 158 valence electrons. The lowest BCUT2D eigenvalue weighted by Gasteiger charge is -2.19. The Kier molecular flexibility index (Phi) is 4.79. The number of aromatic nitrogens is 4. The van der Waals surface area contributed by atoms with Crippen LogP contribution in [0.4, 0.5) is 16.0 Å². The number of nitrogens with zero attached hydrogens (tertiary/aromatic N) is 5. The largest absolute Gasteiger partial charge is 0.382 e. The van der Waals surface area contributed by atoms with Gasteiger partial charge in [-0.05, 0) is 30.5 Å². The van der Waals surface area contributed by atoms with Gasteiger partial charge >= 0.3 is 0 Å². The highest BCUT2D eigenvalue weighted by molar-refractivity contribution is 5.93. The van der Waals surface area contributed by atoms with E-state index in [1.54, 1.807) is 12.1 Å². The lowest BCUT2D eigenvalue weighted by molar-refractivity contribution is 0.630. The van der Waals surface area contributed by atoms with Gasteiger partial charge in [-0.3, -0.25) is 0 Å². The summed E-state index contributed by atoms with van der Waals surface area (Å²) in [4.78, 5) is 12.9. The van der Waals surface area contributed by atoms with Crippen LogP contribution < -0.4 is 11.1 Å². The fourth-order valence-electron chi connectivity index (χ4n) is 3.98. The molecule has 0 bridgehead atoms. The van der Waals surface area contributed by atoms with Crippen molar-refractivity contribution in [1.82, 2.24) is 19.5 Å². The molecule has 2 aromatic heterocycles. The molecule has 1 aliphatic carbocycles. The van der Waals surface area contributed by atoms with E-state index in [9.17, 15) is 5.26 Å². The average Bonchev–Trinajstić information content (AvgIpc) is 3.58. The molecule has 4 aromatic rings. The van der Waals surface area contributed by atoms with Crippen LogP contribution in [0.1, 0.15) is 36.3 Å². The van der Waals surface area contributed by atoms with Gasteiger partial charge in [-0.1, -0.05) is 36.4 Å². The molecule has 1 saturated carbocycles. The van der Waals surface area contributed by atoms with Gasteiger partial charge in [0, 0.05) is 11.6 Å². The summed E-state index contributed by atoms with van der Waals surface area (Å²) >= 11 is 0. The van der Waals surface area contributed by atoms with Gasteiger partial charge in [0.1, 0.15) is 47.3 Å². The van der Waals surface area contributed by atoms with Crippen molar-refractivity contribution in [2.75, 3.05) is 11.1 Å². The van der Waals surface area contributed by atoms with Gasteiger partial charge in [0.05, 0.1) is 11.0 Å². The second kappa shape index (κ2) is 7.78. The minimum absolute atomic E-state index is 0.0944. The quantitative estimate of drug-likeness (QED) is 0.432. The van der Waals surface area contributed by atoms with Crippen molar-refractivity contribution >= 4 is 22.7 Å². The van der Waals surface area contributed by atoms with E-state index in [1.807, 2.05) is 36.4 Å². The Morgan fingerprint density at radius 1 is 1.22 bits per heavy atom. The Morgan fingerprint density at radius 3 is 2.69 bits per heavy atom. The highest BCUT2D eigenvalue weighted by Crippen LogP contribution is 2.43. The fraction of sp³-hybridized carbons (Fsp3) is 0.167. The fourth-order valence-corrected chi connectivity index (χ4v) is 3.98. The molecule has 1 fully saturated rings. The summed E-state index contributed by atoms with van der Waals surface area (Å²) in [6, 6.07) is 14.4. The molecular weight excluding hydrogens is 405 g/mol. The summed E-state index contributed by atoms with van der Waals surface area (Å²) in [6.07, 6.45) is 4.96. The molecule has 0 saturated heterocycles. The first kappa shape index (κ1) is 19.7. The maximum absolute atomic E-state index is 15.1. The van der Waals surface area contributed by atoms with E-state index in [0.717, 1.165) is 23.9 Å². The van der Waals surface area contributed by atoms with Crippen LogP contribution in [0.2, 0.25) is 0 Å². The zero-order valence-corrected chi connectivity index (χ0v) is 17.2. The van der Waals surface area contributed by atoms with Crippen molar-refractivity contribution < 1.29 is 4.39 Å². The smallest absolute Gasteiger partial charge is 0.150 e. The molecule has 0 aliphatic heterocycles. The maximum atomic E-state index is 15.1. The normalized spacial score (nSPS) is 14.1. The van der Waals surface area contributed by atoms with Crippen molar-refractivity contribution in [2.24, 2.45) is 0 Å². The third kappa shape index (κ3) is 3.24. The Bertz CT molecular complexity index is 1370. The number of fused-ring (bicyclic) bond motifs is 1. The summed E-state index contributed by atoms with van der Waals surface area (Å²) in [7, 11) is 0. The van der Waals surface area contributed by atoms with Gasteiger partial charge in [0.25, 0.3) is 0 Å². The number of nitrogen functional groups attached to an aromatic ring is 1. The Hall–Kier alpha value is -4.25. The molecule has 0 spiro atoms. The summed E-state index contributed by atoms with van der Waals surface area (Å²) < 4.78 is 17.2. The van der Waals surface area contributed by atoms with Crippen molar-refractivity contribution in [2.45, 2.75) is 24.9 Å². The summed E-state index contributed by atoms with van der Waals surface area (Å²) in [5.41, 5.74) is 8.77. The molecule has 32 heavy (non-hydrogen) atoms. The summed E-state index contributed by atoms with van der Waals surface area (Å²) in [6.45, 7) is 3.95. The Labute approximate surface area is 184 Å². The number of rotatable bonds is 6. The molecule has 5 rings (SSSR count). The van der Waals surface area contributed by atoms with Crippen LogP contribution in [-0.4, -0.2) is 19.5 Å². The van der Waals surface area contributed by atoms with Crippen molar-refractivity contribution in [3.05, 3.63) is 78.7 Å². The SMILES string of the molecule is C=CC(Nc1ncnc(N)c1C#N)c1nc2ccc(F)c(-c3ccccc3)c2n1C1CC1. The van der Waals surface area contributed by atoms with Gasteiger partial charge in [0.2, 0.25) is 0 Å². The van der Waals surface area contributed by atoms with E-state index < -0.39 is 6.04 Å². The second-order valence-corrected chi connectivity index (χ2v) is 7.68. The minimum atomic E-state index is -0.476. The molecular formula is C24H20FN7. The second-order valence-electron chi connectivity index (χ2n) is 7.68. The monoisotopic (exact) mass is 425 g/mol. The molecule has 0 amide bonds. The number of anilines is 2. The van der Waals surface area contributed by atoms with Crippen LogP contribution in [-0.2, 0) is 0 Å². The highest BCUT2D eigenvalue weighted by Gasteiger charge is 2.32. The first-order chi connectivity index (χ1) is 15.6. The average molecular weight is 425 g/mol. The summed E-state index contributed by atoms with van der Waals surface area (Å²) in [5.74, 6) is 0.780. The molecule has 8 heteroatoms. The first-order valence-electron chi connectivity index (χ1n) is 10.3. The molecule has 7 nitrogen and oxygen atoms in total. The summed E-state index contributed by atoms with van der Waals surface area (Å²) in [5, 5.41) is 12.7. The van der Waals surface area contributed by atoms with Crippen LogP contribution >= 0.6 is 0 Å². The third-order valence-electron chi connectivity index (χ3n) is 5.60. The highest BCUT2D eigenvalue weighted by atomic mass is 19.1. The van der Waals surface area contributed by atoms with E-state index in [-0.39, 0.29) is 23.2 Å². The number of imidazole rings is 1. The standard InChI is InChI=1S/C24H20FN7/c1-2-18(30-23-16(12-26)22(27)28-13-29-23)24-31-19-11-10-17(25)20(14-6-4-3-5-7-14)21(19)32(24)15-8-9-15/h2-7,10-11,13,15,18H,1,8-9H2,(H3,27,28,29,30). The van der Waals surface area contributed by atoms with Crippen molar-refractivity contribution in [3.8, 4) is 17.2 Å². The molecule has 2 aromatic carbocycles. The Balaban J connectivity index is 1.70. The van der Waals surface area contributed by atoms with Gasteiger partial charge < -0.3 is 15.6 Å². The number of hydrogen-bond acceptors (Lipinski definition) is 6. The van der Waals surface area contributed by atoms with E-state index in [4.69, 9.17) is 10.7 Å². The minimum Gasteiger partial charge on any atom is -0.382 e. The van der Waals surface area contributed by atoms with Gasteiger partial charge in [-0.15, -0.1) is 6.58 Å². The van der Waals surface area contributed by atoms with Gasteiger partial charge in [-0.25, -0.2) is 19.3 Å². The molecule has 2 heterocycles. The number of nitriles is 1. The number of benzene rings is 2. The topological polar surface area (TPSA) is 105 Å². The van der Waals surface area contributed by atoms with Crippen LogP contribution in [0.25, 0.3) is 22.2 Å². The lowest BCUT2D eigenvalue weighted by atomic mass is 10.0.